The number of thioether (sulfide) groups is 1. The standard InChI is InChI=1S/C25H26N2O7S2/c1-17-6-9-19(10-7-17)36(31,32)34-20-11-8-18(14-21(20)33-2)15-22-24(29)27(25(30)35-22)16-23(28)26-12-4-3-5-13-26/h6-11,14-15H,3-5,12-13,16H2,1-2H3/b22-15-. The van der Waals surface area contributed by atoms with Gasteiger partial charge in [0.25, 0.3) is 11.1 Å². The first-order valence-electron chi connectivity index (χ1n) is 11.4. The number of methoxy groups -OCH3 is 1. The van der Waals surface area contributed by atoms with Gasteiger partial charge in [-0.1, -0.05) is 23.8 Å². The van der Waals surface area contributed by atoms with Gasteiger partial charge in [-0.3, -0.25) is 19.3 Å². The second-order valence-corrected chi connectivity index (χ2v) is 11.0. The van der Waals surface area contributed by atoms with Crippen LogP contribution in [-0.4, -0.2) is 62.0 Å². The first-order chi connectivity index (χ1) is 17.2. The molecule has 2 aromatic rings. The molecular formula is C25H26N2O7S2. The predicted molar refractivity (Wildman–Crippen MR) is 135 cm³/mol. The van der Waals surface area contributed by atoms with Crippen molar-refractivity contribution in [2.24, 2.45) is 0 Å². The number of carbonyl (C=O) groups is 3. The molecule has 0 spiro atoms. The smallest absolute Gasteiger partial charge is 0.339 e. The summed E-state index contributed by atoms with van der Waals surface area (Å²) in [6.45, 7) is 2.84. The number of likely N-dealkylation sites (tertiary alicyclic amines) is 1. The Bertz CT molecular complexity index is 1310. The number of benzene rings is 2. The number of ether oxygens (including phenoxy) is 1. The molecule has 0 bridgehead atoms. The zero-order valence-electron chi connectivity index (χ0n) is 19.9. The topological polar surface area (TPSA) is 110 Å². The van der Waals surface area contributed by atoms with Crippen LogP contribution in [0.3, 0.4) is 0 Å². The largest absolute Gasteiger partial charge is 0.493 e. The highest BCUT2D eigenvalue weighted by molar-refractivity contribution is 8.18. The normalized spacial score (nSPS) is 17.6. The van der Waals surface area contributed by atoms with Gasteiger partial charge in [0.2, 0.25) is 5.91 Å². The molecule has 0 N–H and O–H groups in total. The Labute approximate surface area is 214 Å². The summed E-state index contributed by atoms with van der Waals surface area (Å²) < 4.78 is 35.9. The van der Waals surface area contributed by atoms with Gasteiger partial charge in [0.15, 0.2) is 11.5 Å². The van der Waals surface area contributed by atoms with E-state index in [4.69, 9.17) is 8.92 Å². The number of imide groups is 1. The van der Waals surface area contributed by atoms with Crippen molar-refractivity contribution in [1.29, 1.82) is 0 Å². The van der Waals surface area contributed by atoms with Crippen LogP contribution < -0.4 is 8.92 Å². The first kappa shape index (κ1) is 25.8. The lowest BCUT2D eigenvalue weighted by atomic mass is 10.1. The number of hydrogen-bond donors (Lipinski definition) is 0. The van der Waals surface area contributed by atoms with E-state index in [0.717, 1.165) is 41.5 Å². The van der Waals surface area contributed by atoms with Gasteiger partial charge in [-0.05, 0) is 73.9 Å². The van der Waals surface area contributed by atoms with Crippen molar-refractivity contribution in [3.63, 3.8) is 0 Å². The summed E-state index contributed by atoms with van der Waals surface area (Å²) in [5, 5.41) is -0.507. The van der Waals surface area contributed by atoms with Gasteiger partial charge in [0.1, 0.15) is 11.4 Å². The molecule has 9 nitrogen and oxygen atoms in total. The molecule has 2 saturated heterocycles. The second kappa shape index (κ2) is 10.8. The van der Waals surface area contributed by atoms with Crippen molar-refractivity contribution in [3.05, 3.63) is 58.5 Å². The highest BCUT2D eigenvalue weighted by atomic mass is 32.2. The van der Waals surface area contributed by atoms with Crippen LogP contribution in [0.5, 0.6) is 11.5 Å². The van der Waals surface area contributed by atoms with E-state index in [1.807, 2.05) is 6.92 Å². The number of hydrogen-bond acceptors (Lipinski definition) is 8. The van der Waals surface area contributed by atoms with Crippen LogP contribution in [-0.2, 0) is 19.7 Å². The molecule has 3 amide bonds. The molecule has 36 heavy (non-hydrogen) atoms. The lowest BCUT2D eigenvalue weighted by molar-refractivity contribution is -0.136. The lowest BCUT2D eigenvalue weighted by Crippen LogP contribution is -2.44. The molecule has 0 aromatic heterocycles. The van der Waals surface area contributed by atoms with Crippen LogP contribution in [0.25, 0.3) is 6.08 Å². The number of carbonyl (C=O) groups excluding carboxylic acids is 3. The van der Waals surface area contributed by atoms with Gasteiger partial charge in [-0.15, -0.1) is 0 Å². The third-order valence-corrected chi connectivity index (χ3v) is 8.03. The number of amides is 3. The number of aryl methyl sites for hydroxylation is 1. The Kier molecular flexibility index (Phi) is 7.70. The average molecular weight is 531 g/mol. The van der Waals surface area contributed by atoms with Crippen molar-refractivity contribution >= 4 is 45.0 Å². The van der Waals surface area contributed by atoms with E-state index in [-0.39, 0.29) is 33.8 Å². The molecule has 4 rings (SSSR count). The fourth-order valence-corrected chi connectivity index (χ4v) is 5.66. The molecule has 2 aliphatic heterocycles. The van der Waals surface area contributed by atoms with Gasteiger partial charge in [-0.2, -0.15) is 8.42 Å². The Balaban J connectivity index is 1.49. The Morgan fingerprint density at radius 2 is 1.72 bits per heavy atom. The molecule has 0 aliphatic carbocycles. The molecule has 0 radical (unpaired) electrons. The minimum Gasteiger partial charge on any atom is -0.493 e. The van der Waals surface area contributed by atoms with Crippen molar-refractivity contribution in [3.8, 4) is 11.5 Å². The van der Waals surface area contributed by atoms with E-state index in [1.54, 1.807) is 23.1 Å². The van der Waals surface area contributed by atoms with E-state index in [1.165, 1.54) is 37.5 Å². The molecule has 190 valence electrons. The van der Waals surface area contributed by atoms with Gasteiger partial charge in [0, 0.05) is 13.1 Å². The minimum atomic E-state index is -4.08. The fraction of sp³-hybridized carbons (Fsp3) is 0.320. The highest BCUT2D eigenvalue weighted by Gasteiger charge is 2.37. The molecule has 2 aromatic carbocycles. The third kappa shape index (κ3) is 5.73. The van der Waals surface area contributed by atoms with Crippen LogP contribution in [0.4, 0.5) is 4.79 Å². The summed E-state index contributed by atoms with van der Waals surface area (Å²) >= 11 is 0.751. The molecule has 0 atom stereocenters. The number of piperidine rings is 1. The third-order valence-electron chi connectivity index (χ3n) is 5.87. The monoisotopic (exact) mass is 530 g/mol. The summed E-state index contributed by atoms with van der Waals surface area (Å²) in [5.74, 6) is -0.665. The molecule has 0 unspecified atom stereocenters. The SMILES string of the molecule is COc1cc(/C=C2\SC(=O)N(CC(=O)N3CCCCC3)C2=O)ccc1OS(=O)(=O)c1ccc(C)cc1. The van der Waals surface area contributed by atoms with Gasteiger partial charge in [0.05, 0.1) is 12.0 Å². The summed E-state index contributed by atoms with van der Waals surface area (Å²) in [6, 6.07) is 10.7. The Morgan fingerprint density at radius 1 is 1.03 bits per heavy atom. The van der Waals surface area contributed by atoms with E-state index in [0.29, 0.717) is 18.7 Å². The fourth-order valence-electron chi connectivity index (χ4n) is 3.88. The van der Waals surface area contributed by atoms with Gasteiger partial charge in [-0.25, -0.2) is 0 Å². The summed E-state index contributed by atoms with van der Waals surface area (Å²) in [7, 11) is -2.72. The highest BCUT2D eigenvalue weighted by Crippen LogP contribution is 2.35. The molecule has 0 saturated carbocycles. The Hall–Kier alpha value is -3.31. The minimum absolute atomic E-state index is 0.00649. The number of rotatable bonds is 7. The van der Waals surface area contributed by atoms with E-state index < -0.39 is 21.3 Å². The summed E-state index contributed by atoms with van der Waals surface area (Å²) in [5.41, 5.74) is 1.41. The maximum Gasteiger partial charge on any atom is 0.339 e. The van der Waals surface area contributed by atoms with E-state index in [2.05, 4.69) is 0 Å². The zero-order chi connectivity index (χ0) is 25.9. The van der Waals surface area contributed by atoms with Crippen LogP contribution in [0, 0.1) is 6.92 Å². The van der Waals surface area contributed by atoms with Crippen molar-refractivity contribution in [2.75, 3.05) is 26.7 Å². The number of nitrogens with zero attached hydrogens (tertiary/aromatic N) is 2. The van der Waals surface area contributed by atoms with Crippen molar-refractivity contribution < 1.29 is 31.7 Å². The van der Waals surface area contributed by atoms with Crippen LogP contribution in [0.2, 0.25) is 0 Å². The van der Waals surface area contributed by atoms with Crippen LogP contribution in [0.15, 0.2) is 52.3 Å². The second-order valence-electron chi connectivity index (χ2n) is 8.47. The van der Waals surface area contributed by atoms with Crippen molar-refractivity contribution in [1.82, 2.24) is 9.80 Å². The van der Waals surface area contributed by atoms with Crippen LogP contribution in [0.1, 0.15) is 30.4 Å². The average Bonchev–Trinajstić information content (AvgIpc) is 3.12. The Morgan fingerprint density at radius 3 is 2.39 bits per heavy atom. The maximum absolute atomic E-state index is 12.8. The molecule has 2 fully saturated rings. The lowest BCUT2D eigenvalue weighted by Gasteiger charge is -2.27. The molecule has 2 heterocycles. The first-order valence-corrected chi connectivity index (χ1v) is 13.6. The molecule has 11 heteroatoms. The molecular weight excluding hydrogens is 504 g/mol. The van der Waals surface area contributed by atoms with Crippen molar-refractivity contribution in [2.45, 2.75) is 31.1 Å². The maximum atomic E-state index is 12.8. The van der Waals surface area contributed by atoms with Gasteiger partial charge >= 0.3 is 10.1 Å². The van der Waals surface area contributed by atoms with Crippen LogP contribution >= 0.6 is 11.8 Å². The summed E-state index contributed by atoms with van der Waals surface area (Å²) in [4.78, 5) is 40.6. The summed E-state index contributed by atoms with van der Waals surface area (Å²) in [6.07, 6.45) is 4.40. The van der Waals surface area contributed by atoms with Gasteiger partial charge < -0.3 is 13.8 Å². The molecule has 2 aliphatic rings. The van der Waals surface area contributed by atoms with E-state index >= 15 is 0 Å². The van der Waals surface area contributed by atoms with E-state index in [9.17, 15) is 22.8 Å². The predicted octanol–water partition coefficient (Wildman–Crippen LogP) is 3.82. The zero-order valence-corrected chi connectivity index (χ0v) is 21.6. The quantitative estimate of drug-likeness (QED) is 0.393.